The van der Waals surface area contributed by atoms with E-state index in [1.54, 1.807) is 6.07 Å². The van der Waals surface area contributed by atoms with Crippen LogP contribution in [0, 0.1) is 5.82 Å². The smallest absolute Gasteiger partial charge is 0.254 e. The summed E-state index contributed by atoms with van der Waals surface area (Å²) in [6.45, 7) is 1.35. The molecule has 1 aliphatic carbocycles. The molecule has 1 aliphatic rings. The van der Waals surface area contributed by atoms with Crippen molar-refractivity contribution in [3.8, 4) is 0 Å². The van der Waals surface area contributed by atoms with Gasteiger partial charge in [0, 0.05) is 18.3 Å². The summed E-state index contributed by atoms with van der Waals surface area (Å²) in [4.78, 5) is 23.7. The Balaban J connectivity index is 0.00000243. The molecule has 3 rings (SSSR count). The quantitative estimate of drug-likeness (QED) is 0.714. The minimum atomic E-state index is -0.625. The Bertz CT molecular complexity index is 842. The summed E-state index contributed by atoms with van der Waals surface area (Å²) >= 11 is 0. The fourth-order valence-corrected chi connectivity index (χ4v) is 3.20. The fourth-order valence-electron chi connectivity index (χ4n) is 3.20. The molecule has 2 amide bonds. The Labute approximate surface area is 157 Å². The van der Waals surface area contributed by atoms with Crippen molar-refractivity contribution in [1.82, 2.24) is 5.32 Å². The van der Waals surface area contributed by atoms with Crippen molar-refractivity contribution in [2.75, 3.05) is 11.1 Å². The number of hydrogen-bond acceptors (Lipinski definition) is 3. The highest BCUT2D eigenvalue weighted by atomic mass is 35.5. The molecule has 0 heterocycles. The van der Waals surface area contributed by atoms with E-state index in [-0.39, 0.29) is 29.9 Å². The van der Waals surface area contributed by atoms with E-state index < -0.39 is 11.7 Å². The molecule has 0 saturated carbocycles. The molecule has 0 fully saturated rings. The largest absolute Gasteiger partial charge is 0.399 e. The van der Waals surface area contributed by atoms with Gasteiger partial charge in [-0.1, -0.05) is 6.07 Å². The number of carbonyl (C=O) groups excluding carboxylic acids is 2. The predicted octanol–water partition coefficient (Wildman–Crippen LogP) is 3.60. The molecule has 138 valence electrons. The van der Waals surface area contributed by atoms with Crippen LogP contribution in [0.25, 0.3) is 0 Å². The molecule has 0 bridgehead atoms. The van der Waals surface area contributed by atoms with Gasteiger partial charge in [-0.2, -0.15) is 0 Å². The van der Waals surface area contributed by atoms with Crippen molar-refractivity contribution in [2.24, 2.45) is 0 Å². The zero-order valence-electron chi connectivity index (χ0n) is 14.3. The maximum atomic E-state index is 14.1. The van der Waals surface area contributed by atoms with Gasteiger partial charge < -0.3 is 16.4 Å². The average Bonchev–Trinajstić information content (AvgIpc) is 2.56. The normalized spacial score (nSPS) is 15.4. The van der Waals surface area contributed by atoms with Gasteiger partial charge in [0.05, 0.1) is 11.6 Å². The molecule has 2 aromatic rings. The zero-order valence-corrected chi connectivity index (χ0v) is 15.2. The highest BCUT2D eigenvalue weighted by molar-refractivity contribution is 5.97. The predicted molar refractivity (Wildman–Crippen MR) is 102 cm³/mol. The third kappa shape index (κ3) is 4.32. The molecule has 0 saturated heterocycles. The second-order valence-corrected chi connectivity index (χ2v) is 6.25. The molecular weight excluding hydrogens is 357 g/mol. The van der Waals surface area contributed by atoms with E-state index in [1.807, 2.05) is 12.1 Å². The number of aryl methyl sites for hydroxylation is 1. The van der Waals surface area contributed by atoms with Crippen molar-refractivity contribution in [3.05, 3.63) is 58.9 Å². The number of halogens is 2. The lowest BCUT2D eigenvalue weighted by Gasteiger charge is -2.27. The Morgan fingerprint density at radius 1 is 1.19 bits per heavy atom. The fraction of sp³-hybridized carbons (Fsp3) is 0.263. The molecule has 0 aliphatic heterocycles. The highest BCUT2D eigenvalue weighted by Crippen LogP contribution is 2.31. The number of rotatable bonds is 3. The lowest BCUT2D eigenvalue weighted by Crippen LogP contribution is -2.31. The van der Waals surface area contributed by atoms with Crippen molar-refractivity contribution in [1.29, 1.82) is 0 Å². The van der Waals surface area contributed by atoms with E-state index in [2.05, 4.69) is 10.6 Å². The number of nitrogens with one attached hydrogen (secondary N) is 2. The van der Waals surface area contributed by atoms with Gasteiger partial charge in [0.15, 0.2) is 0 Å². The van der Waals surface area contributed by atoms with E-state index in [9.17, 15) is 14.0 Å². The molecule has 0 aromatic heterocycles. The number of benzene rings is 2. The summed E-state index contributed by atoms with van der Waals surface area (Å²) in [7, 11) is 0. The van der Waals surface area contributed by atoms with E-state index in [0.29, 0.717) is 11.4 Å². The van der Waals surface area contributed by atoms with Crippen LogP contribution in [-0.2, 0) is 11.2 Å². The molecular formula is C19H21ClFN3O2. The van der Waals surface area contributed by atoms with Crippen molar-refractivity contribution >= 4 is 35.6 Å². The van der Waals surface area contributed by atoms with Gasteiger partial charge in [-0.25, -0.2) is 4.39 Å². The van der Waals surface area contributed by atoms with E-state index in [1.165, 1.54) is 25.1 Å². The SMILES string of the molecule is CC(=O)Nc1ccc(F)c(C(=O)NC2CCCc3cc(N)ccc32)c1.Cl. The summed E-state index contributed by atoms with van der Waals surface area (Å²) in [5.41, 5.74) is 8.95. The first-order valence-electron chi connectivity index (χ1n) is 8.20. The summed E-state index contributed by atoms with van der Waals surface area (Å²) in [5, 5.41) is 5.45. The summed E-state index contributed by atoms with van der Waals surface area (Å²) in [5.74, 6) is -1.41. The number of carbonyl (C=O) groups is 2. The van der Waals surface area contributed by atoms with Gasteiger partial charge in [-0.15, -0.1) is 12.4 Å². The van der Waals surface area contributed by atoms with Crippen LogP contribution < -0.4 is 16.4 Å². The van der Waals surface area contributed by atoms with Crippen LogP contribution in [-0.4, -0.2) is 11.8 Å². The Kier molecular flexibility index (Phi) is 6.21. The molecule has 1 unspecified atom stereocenters. The van der Waals surface area contributed by atoms with Crippen LogP contribution in [0.3, 0.4) is 0 Å². The first-order valence-corrected chi connectivity index (χ1v) is 8.20. The first kappa shape index (κ1) is 19.7. The van der Waals surface area contributed by atoms with Crippen LogP contribution in [0.4, 0.5) is 15.8 Å². The molecule has 0 radical (unpaired) electrons. The number of amides is 2. The van der Waals surface area contributed by atoms with Crippen molar-refractivity contribution < 1.29 is 14.0 Å². The van der Waals surface area contributed by atoms with Crippen LogP contribution in [0.1, 0.15) is 47.3 Å². The van der Waals surface area contributed by atoms with Gasteiger partial charge in [0.2, 0.25) is 5.91 Å². The van der Waals surface area contributed by atoms with Gasteiger partial charge >= 0.3 is 0 Å². The Morgan fingerprint density at radius 2 is 1.96 bits per heavy atom. The third-order valence-electron chi connectivity index (χ3n) is 4.32. The van der Waals surface area contributed by atoms with Gasteiger partial charge in [-0.05, 0) is 60.7 Å². The minimum absolute atomic E-state index is 0. The standard InChI is InChI=1S/C19H20FN3O2.ClH/c1-11(24)22-14-6-8-17(20)16(10-14)19(25)23-18-4-2-3-12-9-13(21)5-7-15(12)18;/h5-10,18H,2-4,21H2,1H3,(H,22,24)(H,23,25);1H. The molecule has 1 atom stereocenters. The number of nitrogens with two attached hydrogens (primary N) is 1. The van der Waals surface area contributed by atoms with Gasteiger partial charge in [0.1, 0.15) is 5.82 Å². The lowest BCUT2D eigenvalue weighted by molar-refractivity contribution is -0.114. The molecule has 0 spiro atoms. The second kappa shape index (κ2) is 8.19. The van der Waals surface area contributed by atoms with Crippen LogP contribution in [0.15, 0.2) is 36.4 Å². The number of fused-ring (bicyclic) bond motifs is 1. The maximum Gasteiger partial charge on any atom is 0.254 e. The first-order chi connectivity index (χ1) is 11.9. The Morgan fingerprint density at radius 3 is 2.69 bits per heavy atom. The molecule has 26 heavy (non-hydrogen) atoms. The number of nitrogen functional groups attached to an aromatic ring is 1. The molecule has 5 nitrogen and oxygen atoms in total. The summed E-state index contributed by atoms with van der Waals surface area (Å²) in [6, 6.07) is 9.41. The van der Waals surface area contributed by atoms with E-state index in [0.717, 1.165) is 30.4 Å². The Hall–Kier alpha value is -2.60. The lowest BCUT2D eigenvalue weighted by atomic mass is 9.87. The topological polar surface area (TPSA) is 84.2 Å². The number of hydrogen-bond donors (Lipinski definition) is 3. The van der Waals surface area contributed by atoms with E-state index >= 15 is 0 Å². The molecule has 4 N–H and O–H groups in total. The number of anilines is 2. The monoisotopic (exact) mass is 377 g/mol. The van der Waals surface area contributed by atoms with Gasteiger partial charge in [0.25, 0.3) is 5.91 Å². The highest BCUT2D eigenvalue weighted by Gasteiger charge is 2.23. The van der Waals surface area contributed by atoms with Crippen LogP contribution in [0.2, 0.25) is 0 Å². The minimum Gasteiger partial charge on any atom is -0.399 e. The molecule has 2 aromatic carbocycles. The summed E-state index contributed by atoms with van der Waals surface area (Å²) < 4.78 is 14.1. The van der Waals surface area contributed by atoms with Crippen molar-refractivity contribution in [2.45, 2.75) is 32.2 Å². The van der Waals surface area contributed by atoms with Crippen molar-refractivity contribution in [3.63, 3.8) is 0 Å². The maximum absolute atomic E-state index is 14.1. The average molecular weight is 378 g/mol. The third-order valence-corrected chi connectivity index (χ3v) is 4.32. The second-order valence-electron chi connectivity index (χ2n) is 6.25. The molecule has 7 heteroatoms. The summed E-state index contributed by atoms with van der Waals surface area (Å²) in [6.07, 6.45) is 2.63. The van der Waals surface area contributed by atoms with Crippen LogP contribution >= 0.6 is 12.4 Å². The van der Waals surface area contributed by atoms with Crippen LogP contribution in [0.5, 0.6) is 0 Å². The zero-order chi connectivity index (χ0) is 18.0. The van der Waals surface area contributed by atoms with Gasteiger partial charge in [-0.3, -0.25) is 9.59 Å². The van der Waals surface area contributed by atoms with E-state index in [4.69, 9.17) is 5.73 Å².